The Labute approximate surface area is 116 Å². The second kappa shape index (κ2) is 5.27. The van der Waals surface area contributed by atoms with Crippen LogP contribution in [0.2, 0.25) is 0 Å². The standard InChI is InChI=1S/C16H14N2O2/c19-15(11-18-10-4-9-17-16(18)20)14-8-3-6-12-5-1-2-7-13(12)14/h1-10,15,19H,11H2. The highest BCUT2D eigenvalue weighted by atomic mass is 16.3. The topological polar surface area (TPSA) is 55.1 Å². The number of aliphatic hydroxyl groups excluding tert-OH is 1. The molecule has 1 unspecified atom stereocenters. The normalized spacial score (nSPS) is 12.4. The molecule has 1 N–H and O–H groups in total. The lowest BCUT2D eigenvalue weighted by Gasteiger charge is -2.14. The van der Waals surface area contributed by atoms with E-state index in [1.165, 1.54) is 10.8 Å². The Morgan fingerprint density at radius 3 is 2.75 bits per heavy atom. The van der Waals surface area contributed by atoms with Gasteiger partial charge in [-0.3, -0.25) is 4.57 Å². The van der Waals surface area contributed by atoms with E-state index in [1.807, 2.05) is 42.5 Å². The minimum absolute atomic E-state index is 0.195. The summed E-state index contributed by atoms with van der Waals surface area (Å²) in [7, 11) is 0. The molecular formula is C16H14N2O2. The lowest BCUT2D eigenvalue weighted by molar-refractivity contribution is 0.156. The number of nitrogens with zero attached hydrogens (tertiary/aromatic N) is 2. The van der Waals surface area contributed by atoms with E-state index < -0.39 is 6.10 Å². The molecule has 0 radical (unpaired) electrons. The van der Waals surface area contributed by atoms with Gasteiger partial charge in [-0.1, -0.05) is 42.5 Å². The van der Waals surface area contributed by atoms with Crippen LogP contribution in [0.5, 0.6) is 0 Å². The number of rotatable bonds is 3. The first-order valence-electron chi connectivity index (χ1n) is 6.43. The van der Waals surface area contributed by atoms with Crippen LogP contribution in [-0.2, 0) is 6.54 Å². The van der Waals surface area contributed by atoms with Crippen molar-refractivity contribution in [3.05, 3.63) is 77.0 Å². The van der Waals surface area contributed by atoms with Crippen LogP contribution < -0.4 is 5.69 Å². The highest BCUT2D eigenvalue weighted by Gasteiger charge is 2.12. The van der Waals surface area contributed by atoms with Crippen molar-refractivity contribution in [3.63, 3.8) is 0 Å². The van der Waals surface area contributed by atoms with E-state index in [0.717, 1.165) is 16.3 Å². The summed E-state index contributed by atoms with van der Waals surface area (Å²) in [4.78, 5) is 15.3. The Morgan fingerprint density at radius 2 is 1.90 bits per heavy atom. The molecule has 4 nitrogen and oxygen atoms in total. The van der Waals surface area contributed by atoms with Gasteiger partial charge in [0.1, 0.15) is 0 Å². The maximum atomic E-state index is 11.6. The number of hydrogen-bond acceptors (Lipinski definition) is 3. The van der Waals surface area contributed by atoms with Gasteiger partial charge in [-0.05, 0) is 22.4 Å². The Balaban J connectivity index is 1.99. The number of aromatic nitrogens is 2. The number of aliphatic hydroxyl groups is 1. The van der Waals surface area contributed by atoms with Crippen molar-refractivity contribution in [2.24, 2.45) is 0 Å². The van der Waals surface area contributed by atoms with Crippen LogP contribution in [0.3, 0.4) is 0 Å². The molecule has 3 aromatic rings. The summed E-state index contributed by atoms with van der Waals surface area (Å²) in [6.45, 7) is 0.195. The fraction of sp³-hybridized carbons (Fsp3) is 0.125. The highest BCUT2D eigenvalue weighted by molar-refractivity contribution is 5.85. The third kappa shape index (κ3) is 2.33. The molecule has 1 aromatic heterocycles. The Morgan fingerprint density at radius 1 is 1.10 bits per heavy atom. The number of hydrogen-bond donors (Lipinski definition) is 1. The molecule has 0 amide bonds. The lowest BCUT2D eigenvalue weighted by atomic mass is 10.0. The molecule has 0 saturated heterocycles. The number of benzene rings is 2. The van der Waals surface area contributed by atoms with Gasteiger partial charge >= 0.3 is 5.69 Å². The molecule has 0 bridgehead atoms. The molecule has 0 aliphatic heterocycles. The predicted octanol–water partition coefficient (Wildman–Crippen LogP) is 2.13. The zero-order valence-corrected chi connectivity index (χ0v) is 10.8. The van der Waals surface area contributed by atoms with Crippen molar-refractivity contribution in [1.82, 2.24) is 9.55 Å². The van der Waals surface area contributed by atoms with Gasteiger partial charge in [0.2, 0.25) is 0 Å². The summed E-state index contributed by atoms with van der Waals surface area (Å²) in [6.07, 6.45) is 2.33. The molecule has 0 saturated carbocycles. The van der Waals surface area contributed by atoms with Crippen LogP contribution in [0, 0.1) is 0 Å². The van der Waals surface area contributed by atoms with Crippen molar-refractivity contribution < 1.29 is 5.11 Å². The molecule has 20 heavy (non-hydrogen) atoms. The molecule has 100 valence electrons. The van der Waals surface area contributed by atoms with E-state index in [4.69, 9.17) is 0 Å². The minimum Gasteiger partial charge on any atom is -0.387 e. The van der Waals surface area contributed by atoms with Crippen molar-refractivity contribution in [2.75, 3.05) is 0 Å². The van der Waals surface area contributed by atoms with Gasteiger partial charge in [-0.2, -0.15) is 0 Å². The molecule has 3 rings (SSSR count). The summed E-state index contributed by atoms with van der Waals surface area (Å²) in [5.41, 5.74) is 0.464. The monoisotopic (exact) mass is 266 g/mol. The van der Waals surface area contributed by atoms with E-state index in [2.05, 4.69) is 4.98 Å². The van der Waals surface area contributed by atoms with E-state index >= 15 is 0 Å². The smallest absolute Gasteiger partial charge is 0.347 e. The van der Waals surface area contributed by atoms with E-state index in [1.54, 1.807) is 12.3 Å². The molecule has 0 aliphatic rings. The minimum atomic E-state index is -0.747. The molecule has 4 heteroatoms. The first-order chi connectivity index (χ1) is 9.75. The van der Waals surface area contributed by atoms with Crippen LogP contribution >= 0.6 is 0 Å². The largest absolute Gasteiger partial charge is 0.387 e. The third-order valence-corrected chi connectivity index (χ3v) is 3.33. The van der Waals surface area contributed by atoms with Gasteiger partial charge in [0, 0.05) is 12.4 Å². The summed E-state index contributed by atoms with van der Waals surface area (Å²) in [6, 6.07) is 15.3. The molecule has 1 heterocycles. The maximum Gasteiger partial charge on any atom is 0.347 e. The van der Waals surface area contributed by atoms with Gasteiger partial charge in [0.05, 0.1) is 12.6 Å². The van der Waals surface area contributed by atoms with Crippen molar-refractivity contribution in [1.29, 1.82) is 0 Å². The molecule has 0 spiro atoms. The first kappa shape index (κ1) is 12.6. The molecule has 1 atom stereocenters. The fourth-order valence-corrected chi connectivity index (χ4v) is 2.35. The average Bonchev–Trinajstić information content (AvgIpc) is 2.49. The summed E-state index contributed by atoms with van der Waals surface area (Å²) in [5, 5.41) is 12.5. The zero-order chi connectivity index (χ0) is 13.9. The maximum absolute atomic E-state index is 11.6. The van der Waals surface area contributed by atoms with Crippen LogP contribution in [0.1, 0.15) is 11.7 Å². The van der Waals surface area contributed by atoms with Gasteiger partial charge in [0.15, 0.2) is 0 Å². The van der Waals surface area contributed by atoms with Crippen LogP contribution in [0.4, 0.5) is 0 Å². The molecule has 0 aliphatic carbocycles. The quantitative estimate of drug-likeness (QED) is 0.790. The fourth-order valence-electron chi connectivity index (χ4n) is 2.35. The van der Waals surface area contributed by atoms with Crippen LogP contribution in [0.25, 0.3) is 10.8 Å². The number of fused-ring (bicyclic) bond motifs is 1. The van der Waals surface area contributed by atoms with Gasteiger partial charge in [-0.25, -0.2) is 9.78 Å². The lowest BCUT2D eigenvalue weighted by Crippen LogP contribution is -2.24. The highest BCUT2D eigenvalue weighted by Crippen LogP contribution is 2.24. The summed E-state index contributed by atoms with van der Waals surface area (Å²) in [5.74, 6) is 0. The van der Waals surface area contributed by atoms with Crippen molar-refractivity contribution in [2.45, 2.75) is 12.6 Å². The van der Waals surface area contributed by atoms with E-state index in [0.29, 0.717) is 0 Å². The Hall–Kier alpha value is -2.46. The van der Waals surface area contributed by atoms with Crippen molar-refractivity contribution in [3.8, 4) is 0 Å². The molecule has 2 aromatic carbocycles. The van der Waals surface area contributed by atoms with Crippen molar-refractivity contribution >= 4 is 10.8 Å². The second-order valence-corrected chi connectivity index (χ2v) is 4.64. The summed E-state index contributed by atoms with van der Waals surface area (Å²) >= 11 is 0. The Kier molecular flexibility index (Phi) is 3.31. The third-order valence-electron chi connectivity index (χ3n) is 3.33. The van der Waals surface area contributed by atoms with Gasteiger partial charge in [0.25, 0.3) is 0 Å². The SMILES string of the molecule is O=c1ncccn1CC(O)c1cccc2ccccc12. The molecule has 0 fully saturated rings. The summed E-state index contributed by atoms with van der Waals surface area (Å²) < 4.78 is 1.41. The van der Waals surface area contributed by atoms with Crippen LogP contribution in [0.15, 0.2) is 65.7 Å². The van der Waals surface area contributed by atoms with Gasteiger partial charge in [-0.15, -0.1) is 0 Å². The van der Waals surface area contributed by atoms with E-state index in [-0.39, 0.29) is 12.2 Å². The predicted molar refractivity (Wildman–Crippen MR) is 77.4 cm³/mol. The Bertz CT molecular complexity index is 790. The average molecular weight is 266 g/mol. The van der Waals surface area contributed by atoms with Gasteiger partial charge < -0.3 is 5.11 Å². The zero-order valence-electron chi connectivity index (χ0n) is 10.8. The second-order valence-electron chi connectivity index (χ2n) is 4.64. The first-order valence-corrected chi connectivity index (χ1v) is 6.43. The molecular weight excluding hydrogens is 252 g/mol. The van der Waals surface area contributed by atoms with E-state index in [9.17, 15) is 9.90 Å². The van der Waals surface area contributed by atoms with Crippen LogP contribution in [-0.4, -0.2) is 14.7 Å².